The van der Waals surface area contributed by atoms with Crippen molar-refractivity contribution in [3.8, 4) is 0 Å². The molecule has 0 amide bonds. The summed E-state index contributed by atoms with van der Waals surface area (Å²) in [5.74, 6) is 1.97. The largest absolute Gasteiger partial charge is 0.357 e. The molecule has 0 N–H and O–H groups in total. The number of hydrogen-bond acceptors (Lipinski definition) is 2. The first kappa shape index (κ1) is 13.9. The molecule has 100 valence electrons. The third kappa shape index (κ3) is 3.05. The van der Waals surface area contributed by atoms with Gasteiger partial charge in [-0.3, -0.25) is 0 Å². The number of pyridine rings is 1. The minimum absolute atomic E-state index is 0.440. The molecule has 0 aliphatic carbocycles. The molecule has 0 atom stereocenters. The Kier molecular flexibility index (Phi) is 4.00. The maximum absolute atomic E-state index is 4.53. The zero-order chi connectivity index (χ0) is 13.3. The van der Waals surface area contributed by atoms with Crippen molar-refractivity contribution in [2.75, 3.05) is 18.0 Å². The van der Waals surface area contributed by atoms with E-state index in [4.69, 9.17) is 0 Å². The monoisotopic (exact) mass is 310 g/mol. The Morgan fingerprint density at radius 1 is 1.28 bits per heavy atom. The first-order valence-corrected chi connectivity index (χ1v) is 7.54. The molecule has 1 aliphatic heterocycles. The lowest BCUT2D eigenvalue weighted by Gasteiger charge is -2.39. The van der Waals surface area contributed by atoms with Gasteiger partial charge in [-0.1, -0.05) is 20.8 Å². The van der Waals surface area contributed by atoms with Gasteiger partial charge in [-0.2, -0.15) is 0 Å². The van der Waals surface area contributed by atoms with Crippen LogP contribution >= 0.6 is 15.9 Å². The number of rotatable bonds is 1. The number of aromatic nitrogens is 1. The van der Waals surface area contributed by atoms with Crippen molar-refractivity contribution >= 4 is 21.7 Å². The third-order valence-corrected chi connectivity index (χ3v) is 4.91. The number of hydrogen-bond donors (Lipinski definition) is 0. The van der Waals surface area contributed by atoms with Crippen LogP contribution in [-0.4, -0.2) is 18.1 Å². The molecule has 0 aromatic carbocycles. The molecule has 1 aromatic rings. The van der Waals surface area contributed by atoms with Gasteiger partial charge in [0.15, 0.2) is 0 Å². The van der Waals surface area contributed by atoms with Crippen LogP contribution in [0.4, 0.5) is 5.82 Å². The van der Waals surface area contributed by atoms with E-state index in [1.807, 2.05) is 6.20 Å². The fourth-order valence-corrected chi connectivity index (χ4v) is 2.89. The molecule has 0 unspecified atom stereocenters. The zero-order valence-corrected chi connectivity index (χ0v) is 13.4. The summed E-state index contributed by atoms with van der Waals surface area (Å²) < 4.78 is 1.09. The fraction of sp³-hybridized carbons (Fsp3) is 0.667. The van der Waals surface area contributed by atoms with E-state index in [0.717, 1.165) is 29.3 Å². The fourth-order valence-electron chi connectivity index (χ4n) is 2.67. The van der Waals surface area contributed by atoms with Crippen molar-refractivity contribution in [2.24, 2.45) is 11.3 Å². The maximum Gasteiger partial charge on any atom is 0.128 e. The van der Waals surface area contributed by atoms with Crippen LogP contribution in [0.15, 0.2) is 16.7 Å². The molecular formula is C15H23BrN2. The Balaban J connectivity index is 2.03. The van der Waals surface area contributed by atoms with Crippen LogP contribution in [0.2, 0.25) is 0 Å². The number of nitrogens with zero attached hydrogens (tertiary/aromatic N) is 2. The molecule has 1 aliphatic rings. The molecule has 2 nitrogen and oxygen atoms in total. The van der Waals surface area contributed by atoms with E-state index in [0.29, 0.717) is 5.41 Å². The zero-order valence-electron chi connectivity index (χ0n) is 11.8. The molecule has 2 heterocycles. The highest BCUT2D eigenvalue weighted by Crippen LogP contribution is 2.35. The SMILES string of the molecule is Cc1cc(N2CCC(C(C)(C)C)CC2)ncc1Br. The summed E-state index contributed by atoms with van der Waals surface area (Å²) in [5, 5.41) is 0. The van der Waals surface area contributed by atoms with Crippen LogP contribution in [0.25, 0.3) is 0 Å². The average Bonchev–Trinajstić information content (AvgIpc) is 2.32. The second kappa shape index (κ2) is 5.20. The van der Waals surface area contributed by atoms with Crippen molar-refractivity contribution < 1.29 is 0 Å². The Hall–Kier alpha value is -0.570. The Labute approximate surface area is 119 Å². The second-order valence-corrected chi connectivity index (χ2v) is 7.27. The van der Waals surface area contributed by atoms with Crippen LogP contribution in [0.1, 0.15) is 39.2 Å². The van der Waals surface area contributed by atoms with Gasteiger partial charge in [0.25, 0.3) is 0 Å². The molecule has 0 radical (unpaired) electrons. The quantitative estimate of drug-likeness (QED) is 0.763. The lowest BCUT2D eigenvalue weighted by molar-refractivity contribution is 0.198. The summed E-state index contributed by atoms with van der Waals surface area (Å²) in [6.07, 6.45) is 4.47. The van der Waals surface area contributed by atoms with Gasteiger partial charge in [0.2, 0.25) is 0 Å². The lowest BCUT2D eigenvalue weighted by atomic mass is 9.75. The standard InChI is InChI=1S/C15H23BrN2/c1-11-9-14(17-10-13(11)16)18-7-5-12(6-8-18)15(2,3)4/h9-10,12H,5-8H2,1-4H3. The van der Waals surface area contributed by atoms with E-state index in [-0.39, 0.29) is 0 Å². The summed E-state index contributed by atoms with van der Waals surface area (Å²) in [5.41, 5.74) is 1.70. The Morgan fingerprint density at radius 2 is 1.89 bits per heavy atom. The van der Waals surface area contributed by atoms with E-state index >= 15 is 0 Å². The third-order valence-electron chi connectivity index (χ3n) is 4.08. The smallest absolute Gasteiger partial charge is 0.128 e. The van der Waals surface area contributed by atoms with Crippen LogP contribution < -0.4 is 4.90 Å². The molecule has 1 fully saturated rings. The molecule has 0 spiro atoms. The molecule has 18 heavy (non-hydrogen) atoms. The van der Waals surface area contributed by atoms with Crippen LogP contribution in [-0.2, 0) is 0 Å². The van der Waals surface area contributed by atoms with Crippen molar-refractivity contribution in [3.05, 3.63) is 22.3 Å². The number of anilines is 1. The number of aryl methyl sites for hydroxylation is 1. The van der Waals surface area contributed by atoms with Gasteiger partial charge in [-0.05, 0) is 58.7 Å². The summed E-state index contributed by atoms with van der Waals surface area (Å²) >= 11 is 3.51. The predicted molar refractivity (Wildman–Crippen MR) is 81.1 cm³/mol. The summed E-state index contributed by atoms with van der Waals surface area (Å²) in [6, 6.07) is 2.18. The van der Waals surface area contributed by atoms with Crippen molar-refractivity contribution in [2.45, 2.75) is 40.5 Å². The topological polar surface area (TPSA) is 16.1 Å². The normalized spacial score (nSPS) is 18.2. The van der Waals surface area contributed by atoms with E-state index in [1.165, 1.54) is 18.4 Å². The van der Waals surface area contributed by atoms with Crippen LogP contribution in [0.5, 0.6) is 0 Å². The van der Waals surface area contributed by atoms with Crippen molar-refractivity contribution in [1.29, 1.82) is 0 Å². The molecule has 1 saturated heterocycles. The highest BCUT2D eigenvalue weighted by Gasteiger charge is 2.29. The highest BCUT2D eigenvalue weighted by atomic mass is 79.9. The summed E-state index contributed by atoms with van der Waals surface area (Å²) in [4.78, 5) is 6.95. The van der Waals surface area contributed by atoms with Crippen molar-refractivity contribution in [3.63, 3.8) is 0 Å². The van der Waals surface area contributed by atoms with Gasteiger partial charge in [0.1, 0.15) is 5.82 Å². The molecule has 3 heteroatoms. The van der Waals surface area contributed by atoms with Crippen LogP contribution in [0, 0.1) is 18.3 Å². The highest BCUT2D eigenvalue weighted by molar-refractivity contribution is 9.10. The minimum Gasteiger partial charge on any atom is -0.357 e. The van der Waals surface area contributed by atoms with E-state index in [9.17, 15) is 0 Å². The van der Waals surface area contributed by atoms with Gasteiger partial charge in [-0.15, -0.1) is 0 Å². The molecular weight excluding hydrogens is 288 g/mol. The van der Waals surface area contributed by atoms with Crippen molar-refractivity contribution in [1.82, 2.24) is 4.98 Å². The predicted octanol–water partition coefficient (Wildman–Crippen LogP) is 4.42. The molecule has 1 aromatic heterocycles. The Morgan fingerprint density at radius 3 is 2.39 bits per heavy atom. The minimum atomic E-state index is 0.440. The number of piperidine rings is 1. The average molecular weight is 311 g/mol. The molecule has 2 rings (SSSR count). The summed E-state index contributed by atoms with van der Waals surface area (Å²) in [7, 11) is 0. The molecule has 0 bridgehead atoms. The Bertz CT molecular complexity index is 415. The van der Waals surface area contributed by atoms with E-state index in [2.05, 4.69) is 59.6 Å². The van der Waals surface area contributed by atoms with Gasteiger partial charge in [-0.25, -0.2) is 4.98 Å². The van der Waals surface area contributed by atoms with Gasteiger partial charge in [0, 0.05) is 23.8 Å². The maximum atomic E-state index is 4.53. The first-order chi connectivity index (χ1) is 8.38. The number of halogens is 1. The first-order valence-electron chi connectivity index (χ1n) is 6.75. The second-order valence-electron chi connectivity index (χ2n) is 6.42. The molecule has 0 saturated carbocycles. The summed E-state index contributed by atoms with van der Waals surface area (Å²) in [6.45, 7) is 11.5. The van der Waals surface area contributed by atoms with E-state index in [1.54, 1.807) is 0 Å². The van der Waals surface area contributed by atoms with Gasteiger partial charge in [0.05, 0.1) is 0 Å². The van der Waals surface area contributed by atoms with E-state index < -0.39 is 0 Å². The lowest BCUT2D eigenvalue weighted by Crippen LogP contribution is -2.38. The van der Waals surface area contributed by atoms with Gasteiger partial charge < -0.3 is 4.90 Å². The van der Waals surface area contributed by atoms with Crippen LogP contribution in [0.3, 0.4) is 0 Å². The van der Waals surface area contributed by atoms with Gasteiger partial charge >= 0.3 is 0 Å².